The van der Waals surface area contributed by atoms with E-state index >= 15 is 0 Å². The van der Waals surface area contributed by atoms with Gasteiger partial charge in [-0.05, 0) is 31.9 Å². The Balaban J connectivity index is 2.08. The molecule has 0 bridgehead atoms. The molecule has 17 heavy (non-hydrogen) atoms. The van der Waals surface area contributed by atoms with Crippen LogP contribution in [-0.2, 0) is 6.42 Å². The van der Waals surface area contributed by atoms with Gasteiger partial charge in [-0.1, -0.05) is 18.2 Å². The highest BCUT2D eigenvalue weighted by Crippen LogP contribution is 2.22. The van der Waals surface area contributed by atoms with E-state index < -0.39 is 0 Å². The SMILES string of the molecule is CC(C)(Cc1ccccc1F)N1CCNCC1. The van der Waals surface area contributed by atoms with Gasteiger partial charge < -0.3 is 5.32 Å². The van der Waals surface area contributed by atoms with Crippen molar-refractivity contribution in [3.8, 4) is 0 Å². The Hall–Kier alpha value is -0.930. The summed E-state index contributed by atoms with van der Waals surface area (Å²) in [4.78, 5) is 2.44. The Morgan fingerprint density at radius 1 is 1.24 bits per heavy atom. The summed E-state index contributed by atoms with van der Waals surface area (Å²) in [5.41, 5.74) is 0.834. The Morgan fingerprint density at radius 3 is 2.53 bits per heavy atom. The van der Waals surface area contributed by atoms with Gasteiger partial charge in [-0.3, -0.25) is 4.90 Å². The zero-order valence-electron chi connectivity index (χ0n) is 10.7. The van der Waals surface area contributed by atoms with Gasteiger partial charge in [0.15, 0.2) is 0 Å². The number of hydrogen-bond acceptors (Lipinski definition) is 2. The quantitative estimate of drug-likeness (QED) is 0.864. The van der Waals surface area contributed by atoms with Crippen LogP contribution in [0.2, 0.25) is 0 Å². The molecule has 0 amide bonds. The average molecular weight is 236 g/mol. The van der Waals surface area contributed by atoms with Crippen LogP contribution in [0.5, 0.6) is 0 Å². The molecule has 1 aliphatic rings. The molecule has 0 radical (unpaired) electrons. The van der Waals surface area contributed by atoms with Crippen molar-refractivity contribution >= 4 is 0 Å². The molecule has 1 aliphatic heterocycles. The normalized spacial score (nSPS) is 18.3. The standard InChI is InChI=1S/C14H21FN2/c1-14(2,17-9-7-16-8-10-17)11-12-5-3-4-6-13(12)15/h3-6,16H,7-11H2,1-2H3. The topological polar surface area (TPSA) is 15.3 Å². The predicted octanol–water partition coefficient (Wildman–Crippen LogP) is 2.05. The van der Waals surface area contributed by atoms with Gasteiger partial charge in [-0.15, -0.1) is 0 Å². The molecule has 1 fully saturated rings. The number of benzene rings is 1. The molecule has 2 rings (SSSR count). The van der Waals surface area contributed by atoms with Crippen LogP contribution >= 0.6 is 0 Å². The smallest absolute Gasteiger partial charge is 0.126 e. The first-order chi connectivity index (χ1) is 8.09. The molecule has 1 aromatic rings. The highest BCUT2D eigenvalue weighted by atomic mass is 19.1. The van der Waals surface area contributed by atoms with E-state index in [0.717, 1.165) is 38.2 Å². The van der Waals surface area contributed by atoms with Crippen LogP contribution in [0.3, 0.4) is 0 Å². The maximum atomic E-state index is 13.7. The molecule has 3 heteroatoms. The summed E-state index contributed by atoms with van der Waals surface area (Å²) in [5, 5.41) is 3.35. The molecule has 0 saturated carbocycles. The summed E-state index contributed by atoms with van der Waals surface area (Å²) in [6.07, 6.45) is 0.764. The van der Waals surface area contributed by atoms with Crippen molar-refractivity contribution in [2.75, 3.05) is 26.2 Å². The van der Waals surface area contributed by atoms with Crippen molar-refractivity contribution < 1.29 is 4.39 Å². The van der Waals surface area contributed by atoms with Crippen LogP contribution < -0.4 is 5.32 Å². The lowest BCUT2D eigenvalue weighted by atomic mass is 9.92. The predicted molar refractivity (Wildman–Crippen MR) is 68.6 cm³/mol. The summed E-state index contributed by atoms with van der Waals surface area (Å²) in [7, 11) is 0. The molecule has 0 atom stereocenters. The number of piperazine rings is 1. The molecule has 2 nitrogen and oxygen atoms in total. The molecule has 1 N–H and O–H groups in total. The molecule has 0 aromatic heterocycles. The van der Waals surface area contributed by atoms with Gasteiger partial charge in [0.1, 0.15) is 5.82 Å². The van der Waals surface area contributed by atoms with E-state index in [4.69, 9.17) is 0 Å². The Morgan fingerprint density at radius 2 is 1.88 bits per heavy atom. The Bertz CT molecular complexity index is 370. The number of hydrogen-bond donors (Lipinski definition) is 1. The summed E-state index contributed by atoms with van der Waals surface area (Å²) >= 11 is 0. The minimum Gasteiger partial charge on any atom is -0.314 e. The zero-order chi connectivity index (χ0) is 12.3. The number of nitrogens with zero attached hydrogens (tertiary/aromatic N) is 1. The molecule has 94 valence electrons. The van der Waals surface area contributed by atoms with Gasteiger partial charge in [0.05, 0.1) is 0 Å². The van der Waals surface area contributed by atoms with E-state index in [9.17, 15) is 4.39 Å². The highest BCUT2D eigenvalue weighted by Gasteiger charge is 2.28. The lowest BCUT2D eigenvalue weighted by molar-refractivity contribution is 0.103. The summed E-state index contributed by atoms with van der Waals surface area (Å²) in [6, 6.07) is 7.09. The average Bonchev–Trinajstić information content (AvgIpc) is 2.33. The maximum absolute atomic E-state index is 13.7. The highest BCUT2D eigenvalue weighted by molar-refractivity contribution is 5.19. The maximum Gasteiger partial charge on any atom is 0.126 e. The molecule has 0 unspecified atom stereocenters. The van der Waals surface area contributed by atoms with E-state index in [1.54, 1.807) is 12.1 Å². The fraction of sp³-hybridized carbons (Fsp3) is 0.571. The first kappa shape index (κ1) is 12.5. The van der Waals surface area contributed by atoms with Gasteiger partial charge >= 0.3 is 0 Å². The molecule has 0 aliphatic carbocycles. The Kier molecular flexibility index (Phi) is 3.79. The molecule has 1 saturated heterocycles. The second kappa shape index (κ2) is 5.15. The number of nitrogens with one attached hydrogen (secondary N) is 1. The largest absolute Gasteiger partial charge is 0.314 e. The van der Waals surface area contributed by atoms with Gasteiger partial charge in [0.2, 0.25) is 0 Å². The third-order valence-corrected chi connectivity index (χ3v) is 3.55. The Labute approximate surface area is 103 Å². The second-order valence-corrected chi connectivity index (χ2v) is 5.32. The minimum absolute atomic E-state index is 0.0181. The summed E-state index contributed by atoms with van der Waals surface area (Å²) in [5.74, 6) is -0.0873. The lowest BCUT2D eigenvalue weighted by Crippen LogP contribution is -2.54. The van der Waals surface area contributed by atoms with Crippen LogP contribution in [0.15, 0.2) is 24.3 Å². The van der Waals surface area contributed by atoms with Gasteiger partial charge in [-0.2, -0.15) is 0 Å². The first-order valence-electron chi connectivity index (χ1n) is 6.29. The third-order valence-electron chi connectivity index (χ3n) is 3.55. The molecule has 1 heterocycles. The lowest BCUT2D eigenvalue weighted by Gasteiger charge is -2.41. The van der Waals surface area contributed by atoms with Crippen LogP contribution in [0, 0.1) is 5.82 Å². The van der Waals surface area contributed by atoms with Crippen molar-refractivity contribution in [3.63, 3.8) is 0 Å². The van der Waals surface area contributed by atoms with Gasteiger partial charge in [0.25, 0.3) is 0 Å². The van der Waals surface area contributed by atoms with Crippen molar-refractivity contribution in [1.82, 2.24) is 10.2 Å². The van der Waals surface area contributed by atoms with Crippen LogP contribution in [0.1, 0.15) is 19.4 Å². The monoisotopic (exact) mass is 236 g/mol. The van der Waals surface area contributed by atoms with Gasteiger partial charge in [-0.25, -0.2) is 4.39 Å². The van der Waals surface area contributed by atoms with Crippen molar-refractivity contribution in [2.45, 2.75) is 25.8 Å². The number of halogens is 1. The number of rotatable bonds is 3. The van der Waals surface area contributed by atoms with E-state index in [2.05, 4.69) is 24.1 Å². The summed E-state index contributed by atoms with van der Waals surface area (Å²) < 4.78 is 13.7. The van der Waals surface area contributed by atoms with Crippen molar-refractivity contribution in [2.24, 2.45) is 0 Å². The zero-order valence-corrected chi connectivity index (χ0v) is 10.7. The third kappa shape index (κ3) is 3.05. The minimum atomic E-state index is -0.0873. The fourth-order valence-corrected chi connectivity index (χ4v) is 2.49. The summed E-state index contributed by atoms with van der Waals surface area (Å²) in [6.45, 7) is 8.54. The first-order valence-corrected chi connectivity index (χ1v) is 6.29. The van der Waals surface area contributed by atoms with Crippen molar-refractivity contribution in [1.29, 1.82) is 0 Å². The fourth-order valence-electron chi connectivity index (χ4n) is 2.49. The van der Waals surface area contributed by atoms with E-state index in [0.29, 0.717) is 0 Å². The van der Waals surface area contributed by atoms with Crippen molar-refractivity contribution in [3.05, 3.63) is 35.6 Å². The van der Waals surface area contributed by atoms with Crippen LogP contribution in [0.25, 0.3) is 0 Å². The van der Waals surface area contributed by atoms with E-state index in [1.807, 2.05) is 12.1 Å². The van der Waals surface area contributed by atoms with Gasteiger partial charge in [0, 0.05) is 31.7 Å². The van der Waals surface area contributed by atoms with E-state index in [1.165, 1.54) is 0 Å². The molecule has 1 aromatic carbocycles. The van der Waals surface area contributed by atoms with E-state index in [-0.39, 0.29) is 11.4 Å². The van der Waals surface area contributed by atoms with Crippen LogP contribution in [-0.4, -0.2) is 36.6 Å². The molecular weight excluding hydrogens is 215 g/mol. The second-order valence-electron chi connectivity index (χ2n) is 5.32. The molecule has 0 spiro atoms. The van der Waals surface area contributed by atoms with Crippen LogP contribution in [0.4, 0.5) is 4.39 Å². The molecular formula is C14H21FN2.